The SMILES string of the molecule is CCN(CC)C(c1ccccc1)c1c(F)c(F)c(F)c(F)c1F. The van der Waals surface area contributed by atoms with E-state index in [-0.39, 0.29) is 0 Å². The fourth-order valence-corrected chi connectivity index (χ4v) is 2.65. The van der Waals surface area contributed by atoms with E-state index in [1.807, 2.05) is 0 Å². The molecule has 0 heterocycles. The molecular weight excluding hydrogens is 313 g/mol. The number of nitrogens with zero attached hydrogens (tertiary/aromatic N) is 1. The van der Waals surface area contributed by atoms with Crippen molar-refractivity contribution in [2.24, 2.45) is 0 Å². The van der Waals surface area contributed by atoms with Crippen LogP contribution in [-0.2, 0) is 0 Å². The molecule has 124 valence electrons. The van der Waals surface area contributed by atoms with E-state index in [1.54, 1.807) is 49.1 Å². The monoisotopic (exact) mass is 329 g/mol. The van der Waals surface area contributed by atoms with Crippen molar-refractivity contribution < 1.29 is 22.0 Å². The molecule has 1 atom stereocenters. The number of hydrogen-bond donors (Lipinski definition) is 0. The second-order valence-corrected chi connectivity index (χ2v) is 5.02. The summed E-state index contributed by atoms with van der Waals surface area (Å²) in [5.41, 5.74) is -0.365. The van der Waals surface area contributed by atoms with Gasteiger partial charge in [0.25, 0.3) is 0 Å². The Balaban J connectivity index is 2.75. The Hall–Kier alpha value is -1.95. The second-order valence-electron chi connectivity index (χ2n) is 5.02. The van der Waals surface area contributed by atoms with E-state index >= 15 is 0 Å². The van der Waals surface area contributed by atoms with E-state index in [2.05, 4.69) is 0 Å². The van der Waals surface area contributed by atoms with Crippen LogP contribution in [-0.4, -0.2) is 18.0 Å². The molecule has 0 spiro atoms. The van der Waals surface area contributed by atoms with Crippen LogP contribution in [0.2, 0.25) is 0 Å². The lowest BCUT2D eigenvalue weighted by molar-refractivity contribution is 0.234. The summed E-state index contributed by atoms with van der Waals surface area (Å²) >= 11 is 0. The van der Waals surface area contributed by atoms with Gasteiger partial charge < -0.3 is 0 Å². The van der Waals surface area contributed by atoms with Gasteiger partial charge in [-0.3, -0.25) is 4.90 Å². The van der Waals surface area contributed by atoms with E-state index in [0.29, 0.717) is 18.7 Å². The summed E-state index contributed by atoms with van der Waals surface area (Å²) in [6.07, 6.45) is 0. The van der Waals surface area contributed by atoms with Gasteiger partial charge in [0, 0.05) is 0 Å². The summed E-state index contributed by atoms with van der Waals surface area (Å²) in [7, 11) is 0. The minimum Gasteiger partial charge on any atom is -0.293 e. The molecular formula is C17H16F5N. The highest BCUT2D eigenvalue weighted by atomic mass is 19.2. The van der Waals surface area contributed by atoms with Crippen molar-refractivity contribution in [1.29, 1.82) is 0 Å². The first kappa shape index (κ1) is 17.4. The lowest BCUT2D eigenvalue weighted by Crippen LogP contribution is -2.31. The van der Waals surface area contributed by atoms with Crippen molar-refractivity contribution in [1.82, 2.24) is 4.90 Å². The third-order valence-corrected chi connectivity index (χ3v) is 3.81. The molecule has 0 N–H and O–H groups in total. The summed E-state index contributed by atoms with van der Waals surface area (Å²) in [4.78, 5) is 1.63. The molecule has 0 radical (unpaired) electrons. The molecule has 0 saturated heterocycles. The topological polar surface area (TPSA) is 3.24 Å². The normalized spacial score (nSPS) is 12.7. The Labute approximate surface area is 131 Å². The van der Waals surface area contributed by atoms with Crippen LogP contribution in [0.25, 0.3) is 0 Å². The molecule has 6 heteroatoms. The average Bonchev–Trinajstić information content (AvgIpc) is 2.58. The van der Waals surface area contributed by atoms with Crippen LogP contribution in [0.1, 0.15) is 31.0 Å². The third-order valence-electron chi connectivity index (χ3n) is 3.81. The molecule has 0 fully saturated rings. The van der Waals surface area contributed by atoms with Gasteiger partial charge in [-0.15, -0.1) is 0 Å². The van der Waals surface area contributed by atoms with Crippen molar-refractivity contribution in [2.45, 2.75) is 19.9 Å². The largest absolute Gasteiger partial charge is 0.293 e. The van der Waals surface area contributed by atoms with E-state index in [9.17, 15) is 22.0 Å². The standard InChI is InChI=1S/C17H16F5N/c1-3-23(4-2)17(10-8-6-5-7-9-10)11-12(18)14(20)16(22)15(21)13(11)19/h5-9,17H,3-4H2,1-2H3. The van der Waals surface area contributed by atoms with Crippen molar-refractivity contribution in [3.63, 3.8) is 0 Å². The second kappa shape index (κ2) is 7.08. The molecule has 1 unspecified atom stereocenters. The lowest BCUT2D eigenvalue weighted by atomic mass is 9.95. The molecule has 1 nitrogen and oxygen atoms in total. The molecule has 0 aliphatic heterocycles. The number of rotatable bonds is 5. The maximum atomic E-state index is 14.2. The molecule has 0 aromatic heterocycles. The smallest absolute Gasteiger partial charge is 0.200 e. The highest BCUT2D eigenvalue weighted by Crippen LogP contribution is 2.35. The Morgan fingerprint density at radius 1 is 0.739 bits per heavy atom. The van der Waals surface area contributed by atoms with Gasteiger partial charge in [0.1, 0.15) is 0 Å². The first-order valence-corrected chi connectivity index (χ1v) is 7.24. The van der Waals surface area contributed by atoms with Crippen LogP contribution in [0, 0.1) is 29.1 Å². The van der Waals surface area contributed by atoms with Crippen molar-refractivity contribution in [3.8, 4) is 0 Å². The fraction of sp³-hybridized carbons (Fsp3) is 0.294. The molecule has 23 heavy (non-hydrogen) atoms. The number of halogens is 5. The highest BCUT2D eigenvalue weighted by molar-refractivity contribution is 5.35. The zero-order valence-corrected chi connectivity index (χ0v) is 12.7. The van der Waals surface area contributed by atoms with Gasteiger partial charge in [0.05, 0.1) is 11.6 Å². The maximum Gasteiger partial charge on any atom is 0.200 e. The zero-order chi connectivity index (χ0) is 17.1. The Bertz CT molecular complexity index is 654. The third kappa shape index (κ3) is 3.08. The molecule has 2 aromatic rings. The minimum atomic E-state index is -2.14. The van der Waals surface area contributed by atoms with Gasteiger partial charge in [0.2, 0.25) is 5.82 Å². The van der Waals surface area contributed by atoms with Crippen LogP contribution in [0.5, 0.6) is 0 Å². The Kier molecular flexibility index (Phi) is 5.36. The summed E-state index contributed by atoms with van der Waals surface area (Å²) in [5, 5.41) is 0. The van der Waals surface area contributed by atoms with E-state index in [4.69, 9.17) is 0 Å². The van der Waals surface area contributed by atoms with Gasteiger partial charge >= 0.3 is 0 Å². The van der Waals surface area contributed by atoms with Crippen LogP contribution < -0.4 is 0 Å². The predicted molar refractivity (Wildman–Crippen MR) is 77.4 cm³/mol. The van der Waals surface area contributed by atoms with E-state index in [1.165, 1.54) is 0 Å². The number of benzene rings is 2. The molecule has 2 aromatic carbocycles. The lowest BCUT2D eigenvalue weighted by Gasteiger charge is -2.31. The summed E-state index contributed by atoms with van der Waals surface area (Å²) in [5.74, 6) is -9.57. The van der Waals surface area contributed by atoms with Crippen molar-refractivity contribution in [3.05, 3.63) is 70.5 Å². The van der Waals surface area contributed by atoms with Gasteiger partial charge in [-0.2, -0.15) is 0 Å². The zero-order valence-electron chi connectivity index (χ0n) is 12.7. The molecule has 0 aliphatic carbocycles. The first-order valence-electron chi connectivity index (χ1n) is 7.24. The van der Waals surface area contributed by atoms with Crippen LogP contribution in [0.4, 0.5) is 22.0 Å². The predicted octanol–water partition coefficient (Wildman–Crippen LogP) is 4.81. The summed E-state index contributed by atoms with van der Waals surface area (Å²) in [6, 6.07) is 7.15. The highest BCUT2D eigenvalue weighted by Gasteiger charge is 2.33. The van der Waals surface area contributed by atoms with Gasteiger partial charge in [-0.05, 0) is 18.7 Å². The Morgan fingerprint density at radius 2 is 1.17 bits per heavy atom. The molecule has 0 amide bonds. The molecule has 0 aliphatic rings. The fourth-order valence-electron chi connectivity index (χ4n) is 2.65. The number of hydrogen-bond acceptors (Lipinski definition) is 1. The van der Waals surface area contributed by atoms with Crippen LogP contribution in [0.15, 0.2) is 30.3 Å². The van der Waals surface area contributed by atoms with Crippen LogP contribution in [0.3, 0.4) is 0 Å². The average molecular weight is 329 g/mol. The molecule has 2 rings (SSSR count). The van der Waals surface area contributed by atoms with Gasteiger partial charge in [0.15, 0.2) is 23.3 Å². The maximum absolute atomic E-state index is 14.2. The molecule has 0 bridgehead atoms. The summed E-state index contributed by atoms with van der Waals surface area (Å²) in [6.45, 7) is 4.28. The van der Waals surface area contributed by atoms with E-state index in [0.717, 1.165) is 0 Å². The first-order chi connectivity index (χ1) is 10.9. The quantitative estimate of drug-likeness (QED) is 0.432. The minimum absolute atomic E-state index is 0.384. The van der Waals surface area contributed by atoms with Crippen LogP contribution >= 0.6 is 0 Å². The van der Waals surface area contributed by atoms with E-state index < -0.39 is 40.7 Å². The van der Waals surface area contributed by atoms with Crippen molar-refractivity contribution in [2.75, 3.05) is 13.1 Å². The molecule has 0 saturated carbocycles. The summed E-state index contributed by atoms with van der Waals surface area (Å²) < 4.78 is 68.9. The van der Waals surface area contributed by atoms with Gasteiger partial charge in [-0.1, -0.05) is 44.2 Å². The van der Waals surface area contributed by atoms with Gasteiger partial charge in [-0.25, -0.2) is 22.0 Å². The Morgan fingerprint density at radius 3 is 1.61 bits per heavy atom. The van der Waals surface area contributed by atoms with Crippen molar-refractivity contribution >= 4 is 0 Å².